The van der Waals surface area contributed by atoms with Gasteiger partial charge in [-0.25, -0.2) is 0 Å². The van der Waals surface area contributed by atoms with Crippen LogP contribution in [0.2, 0.25) is 0 Å². The molecule has 0 saturated carbocycles. The van der Waals surface area contributed by atoms with E-state index < -0.39 is 0 Å². The molecule has 0 unspecified atom stereocenters. The molecule has 3 heteroatoms. The Labute approximate surface area is 110 Å². The van der Waals surface area contributed by atoms with E-state index in [9.17, 15) is 0 Å². The van der Waals surface area contributed by atoms with Gasteiger partial charge in [0.15, 0.2) is 0 Å². The number of aryl methyl sites for hydroxylation is 1. The Kier molecular flexibility index (Phi) is 6.27. The van der Waals surface area contributed by atoms with Crippen LogP contribution in [-0.2, 0) is 0 Å². The fourth-order valence-electron chi connectivity index (χ4n) is 1.81. The van der Waals surface area contributed by atoms with Gasteiger partial charge in [-0.05, 0) is 49.5 Å². The van der Waals surface area contributed by atoms with E-state index in [1.165, 1.54) is 35.5 Å². The van der Waals surface area contributed by atoms with E-state index in [0.29, 0.717) is 0 Å². The van der Waals surface area contributed by atoms with Crippen LogP contribution in [0.3, 0.4) is 0 Å². The zero-order valence-electron chi connectivity index (χ0n) is 11.4. The highest BCUT2D eigenvalue weighted by Gasteiger charge is 2.01. The molecule has 0 bridgehead atoms. The Morgan fingerprint density at radius 2 is 2.00 bits per heavy atom. The molecule has 0 amide bonds. The van der Waals surface area contributed by atoms with Crippen molar-refractivity contribution in [2.45, 2.75) is 19.8 Å². The molecular weight excluding hydrogens is 228 g/mol. The summed E-state index contributed by atoms with van der Waals surface area (Å²) in [5, 5.41) is 3.49. The molecule has 2 nitrogen and oxygen atoms in total. The number of nitrogens with one attached hydrogen (secondary N) is 1. The number of benzene rings is 1. The van der Waals surface area contributed by atoms with Crippen molar-refractivity contribution in [2.24, 2.45) is 0 Å². The van der Waals surface area contributed by atoms with E-state index in [0.717, 1.165) is 6.54 Å². The molecule has 0 fully saturated rings. The monoisotopic (exact) mass is 252 g/mol. The Balaban J connectivity index is 2.46. The minimum Gasteiger partial charge on any atom is -0.385 e. The third-order valence-electron chi connectivity index (χ3n) is 2.80. The van der Waals surface area contributed by atoms with Crippen LogP contribution >= 0.6 is 11.8 Å². The lowest BCUT2D eigenvalue weighted by Crippen LogP contribution is -2.11. The molecule has 1 aromatic rings. The van der Waals surface area contributed by atoms with Gasteiger partial charge in [0.25, 0.3) is 0 Å². The summed E-state index contributed by atoms with van der Waals surface area (Å²) < 4.78 is 0. The Hall–Kier alpha value is -0.830. The highest BCUT2D eigenvalue weighted by Crippen LogP contribution is 2.22. The summed E-state index contributed by atoms with van der Waals surface area (Å²) in [6.45, 7) is 3.22. The Morgan fingerprint density at radius 3 is 2.65 bits per heavy atom. The lowest BCUT2D eigenvalue weighted by atomic mass is 10.1. The van der Waals surface area contributed by atoms with Gasteiger partial charge in [-0.3, -0.25) is 0 Å². The second-order valence-corrected chi connectivity index (χ2v) is 5.51. The van der Waals surface area contributed by atoms with Crippen LogP contribution < -0.4 is 10.2 Å². The summed E-state index contributed by atoms with van der Waals surface area (Å²) in [4.78, 5) is 2.16. The van der Waals surface area contributed by atoms with Gasteiger partial charge in [0.2, 0.25) is 0 Å². The maximum Gasteiger partial charge on any atom is 0.0411 e. The second kappa shape index (κ2) is 7.49. The van der Waals surface area contributed by atoms with Gasteiger partial charge in [0.1, 0.15) is 0 Å². The standard InChI is InChI=1S/C14H24N2S/c1-12-7-8-13(11-14(12)16(2)3)15-9-5-6-10-17-4/h7-8,11,15H,5-6,9-10H2,1-4H3. The van der Waals surface area contributed by atoms with Crippen molar-refractivity contribution in [1.82, 2.24) is 0 Å². The molecule has 0 aromatic heterocycles. The third-order valence-corrected chi connectivity index (χ3v) is 3.49. The minimum absolute atomic E-state index is 1.07. The molecule has 0 atom stereocenters. The first kappa shape index (κ1) is 14.2. The lowest BCUT2D eigenvalue weighted by Gasteiger charge is -2.17. The summed E-state index contributed by atoms with van der Waals surface area (Å²) in [5.74, 6) is 1.26. The quantitative estimate of drug-likeness (QED) is 0.746. The van der Waals surface area contributed by atoms with Crippen molar-refractivity contribution in [1.29, 1.82) is 0 Å². The van der Waals surface area contributed by atoms with E-state index in [1.54, 1.807) is 0 Å². The van der Waals surface area contributed by atoms with Crippen LogP contribution in [0.4, 0.5) is 11.4 Å². The van der Waals surface area contributed by atoms with E-state index in [4.69, 9.17) is 0 Å². The zero-order chi connectivity index (χ0) is 12.7. The molecule has 17 heavy (non-hydrogen) atoms. The molecule has 0 spiro atoms. The maximum absolute atomic E-state index is 3.49. The SMILES string of the molecule is CSCCCCNc1ccc(C)c(N(C)C)c1. The number of hydrogen-bond acceptors (Lipinski definition) is 3. The average Bonchev–Trinajstić information content (AvgIpc) is 2.30. The van der Waals surface area contributed by atoms with Gasteiger partial charge in [-0.2, -0.15) is 11.8 Å². The number of unbranched alkanes of at least 4 members (excludes halogenated alkanes) is 1. The normalized spacial score (nSPS) is 10.4. The van der Waals surface area contributed by atoms with Crippen molar-refractivity contribution in [3.05, 3.63) is 23.8 Å². The third kappa shape index (κ3) is 4.90. The molecule has 0 saturated heterocycles. The minimum atomic E-state index is 1.07. The fourth-order valence-corrected chi connectivity index (χ4v) is 2.30. The van der Waals surface area contributed by atoms with Crippen LogP contribution in [0, 0.1) is 6.92 Å². The summed E-state index contributed by atoms with van der Waals surface area (Å²) >= 11 is 1.92. The van der Waals surface area contributed by atoms with Gasteiger partial charge >= 0.3 is 0 Å². The van der Waals surface area contributed by atoms with E-state index >= 15 is 0 Å². The highest BCUT2D eigenvalue weighted by molar-refractivity contribution is 7.98. The molecule has 0 radical (unpaired) electrons. The first-order valence-electron chi connectivity index (χ1n) is 6.16. The molecule has 1 rings (SSSR count). The van der Waals surface area contributed by atoms with Crippen LogP contribution in [0.25, 0.3) is 0 Å². The van der Waals surface area contributed by atoms with E-state index in [1.807, 2.05) is 11.8 Å². The topological polar surface area (TPSA) is 15.3 Å². The van der Waals surface area contributed by atoms with Crippen LogP contribution in [-0.4, -0.2) is 32.6 Å². The van der Waals surface area contributed by atoms with Crippen molar-refractivity contribution < 1.29 is 0 Å². The molecule has 1 N–H and O–H groups in total. The molecule has 96 valence electrons. The summed E-state index contributed by atoms with van der Waals surface area (Å²) in [6.07, 6.45) is 4.70. The van der Waals surface area contributed by atoms with Gasteiger partial charge in [-0.15, -0.1) is 0 Å². The molecule has 0 aliphatic rings. The van der Waals surface area contributed by atoms with Crippen molar-refractivity contribution in [3.8, 4) is 0 Å². The van der Waals surface area contributed by atoms with E-state index in [-0.39, 0.29) is 0 Å². The predicted molar refractivity (Wildman–Crippen MR) is 81.6 cm³/mol. The zero-order valence-corrected chi connectivity index (χ0v) is 12.2. The summed E-state index contributed by atoms with van der Waals surface area (Å²) in [6, 6.07) is 6.57. The van der Waals surface area contributed by atoms with E-state index in [2.05, 4.69) is 55.7 Å². The molecule has 1 aromatic carbocycles. The first-order valence-corrected chi connectivity index (χ1v) is 7.55. The molecule has 0 aliphatic heterocycles. The largest absolute Gasteiger partial charge is 0.385 e. The smallest absolute Gasteiger partial charge is 0.0411 e. The number of hydrogen-bond donors (Lipinski definition) is 1. The van der Waals surface area contributed by atoms with Gasteiger partial charge in [-0.1, -0.05) is 6.07 Å². The van der Waals surface area contributed by atoms with Crippen molar-refractivity contribution in [2.75, 3.05) is 42.9 Å². The fraction of sp³-hybridized carbons (Fsp3) is 0.571. The number of rotatable bonds is 7. The van der Waals surface area contributed by atoms with Crippen LogP contribution in [0.15, 0.2) is 18.2 Å². The maximum atomic E-state index is 3.49. The molecule has 0 heterocycles. The summed E-state index contributed by atoms with van der Waals surface area (Å²) in [7, 11) is 4.18. The second-order valence-electron chi connectivity index (χ2n) is 4.52. The van der Waals surface area contributed by atoms with Gasteiger partial charge in [0, 0.05) is 32.0 Å². The average molecular weight is 252 g/mol. The predicted octanol–water partition coefficient (Wildman–Crippen LogP) is 3.62. The van der Waals surface area contributed by atoms with Crippen molar-refractivity contribution in [3.63, 3.8) is 0 Å². The number of nitrogens with zero attached hydrogens (tertiary/aromatic N) is 1. The molecule has 0 aliphatic carbocycles. The lowest BCUT2D eigenvalue weighted by molar-refractivity contribution is 0.843. The van der Waals surface area contributed by atoms with Crippen molar-refractivity contribution >= 4 is 23.1 Å². The first-order chi connectivity index (χ1) is 8.15. The van der Waals surface area contributed by atoms with Crippen LogP contribution in [0.5, 0.6) is 0 Å². The Morgan fingerprint density at radius 1 is 1.24 bits per heavy atom. The van der Waals surface area contributed by atoms with Gasteiger partial charge < -0.3 is 10.2 Å². The van der Waals surface area contributed by atoms with Gasteiger partial charge in [0.05, 0.1) is 0 Å². The number of anilines is 2. The summed E-state index contributed by atoms with van der Waals surface area (Å²) in [5.41, 5.74) is 3.84. The highest BCUT2D eigenvalue weighted by atomic mass is 32.2. The van der Waals surface area contributed by atoms with Crippen LogP contribution in [0.1, 0.15) is 18.4 Å². The number of thioether (sulfide) groups is 1. The Bertz CT molecular complexity index is 337. The molecular formula is C14H24N2S.